The molecule has 0 aliphatic carbocycles. The van der Waals surface area contributed by atoms with Crippen LogP contribution in [0, 0.1) is 5.92 Å². The van der Waals surface area contributed by atoms with Crippen LogP contribution in [-0.2, 0) is 6.54 Å². The molecule has 0 bridgehead atoms. The second-order valence-electron chi connectivity index (χ2n) is 4.92. The Morgan fingerprint density at radius 3 is 2.61 bits per heavy atom. The molecule has 1 aromatic carbocycles. The number of hydrogen-bond donors (Lipinski definition) is 3. The minimum Gasteiger partial charge on any atom is -0.504 e. The van der Waals surface area contributed by atoms with E-state index in [1.807, 2.05) is 6.07 Å². The summed E-state index contributed by atoms with van der Waals surface area (Å²) in [5, 5.41) is 22.5. The first-order valence-corrected chi connectivity index (χ1v) is 6.27. The van der Waals surface area contributed by atoms with Crippen molar-refractivity contribution < 1.29 is 14.9 Å². The summed E-state index contributed by atoms with van der Waals surface area (Å²) >= 11 is 0. The van der Waals surface area contributed by atoms with Crippen LogP contribution in [-0.4, -0.2) is 30.0 Å². The van der Waals surface area contributed by atoms with E-state index in [1.165, 1.54) is 7.11 Å². The van der Waals surface area contributed by atoms with E-state index in [2.05, 4.69) is 19.2 Å². The summed E-state index contributed by atoms with van der Waals surface area (Å²) in [6, 6.07) is 5.29. The fourth-order valence-corrected chi connectivity index (χ4v) is 1.86. The van der Waals surface area contributed by atoms with E-state index in [0.29, 0.717) is 24.8 Å². The van der Waals surface area contributed by atoms with Gasteiger partial charge in [0, 0.05) is 13.1 Å². The van der Waals surface area contributed by atoms with Gasteiger partial charge in [0.1, 0.15) is 0 Å². The molecule has 0 heterocycles. The first kappa shape index (κ1) is 14.8. The molecule has 1 rings (SSSR count). The Hall–Kier alpha value is -1.26. The van der Waals surface area contributed by atoms with E-state index in [1.54, 1.807) is 12.1 Å². The van der Waals surface area contributed by atoms with Gasteiger partial charge in [-0.3, -0.25) is 0 Å². The lowest BCUT2D eigenvalue weighted by molar-refractivity contribution is 0.146. The molecule has 1 atom stereocenters. The molecule has 18 heavy (non-hydrogen) atoms. The van der Waals surface area contributed by atoms with Crippen LogP contribution in [0.15, 0.2) is 18.2 Å². The van der Waals surface area contributed by atoms with E-state index < -0.39 is 0 Å². The standard InChI is InChI=1S/C14H23NO3/c1-10(2)6-12(16)9-15-8-11-4-5-14(18-3)13(17)7-11/h4-5,7,10,12,15-17H,6,8-9H2,1-3H3. The Labute approximate surface area is 109 Å². The van der Waals surface area contributed by atoms with Gasteiger partial charge in [0.25, 0.3) is 0 Å². The molecule has 4 nitrogen and oxygen atoms in total. The number of aliphatic hydroxyl groups is 1. The molecule has 102 valence electrons. The fraction of sp³-hybridized carbons (Fsp3) is 0.571. The highest BCUT2D eigenvalue weighted by Gasteiger charge is 2.07. The summed E-state index contributed by atoms with van der Waals surface area (Å²) < 4.78 is 4.98. The van der Waals surface area contributed by atoms with Crippen LogP contribution in [0.3, 0.4) is 0 Å². The van der Waals surface area contributed by atoms with Crippen LogP contribution in [0.4, 0.5) is 0 Å². The van der Waals surface area contributed by atoms with Gasteiger partial charge >= 0.3 is 0 Å². The largest absolute Gasteiger partial charge is 0.504 e. The van der Waals surface area contributed by atoms with Crippen molar-refractivity contribution in [3.8, 4) is 11.5 Å². The number of aromatic hydroxyl groups is 1. The van der Waals surface area contributed by atoms with E-state index >= 15 is 0 Å². The number of phenolic OH excluding ortho intramolecular Hbond substituents is 1. The predicted octanol–water partition coefficient (Wildman–Crippen LogP) is 1.90. The molecule has 1 aromatic rings. The molecule has 0 aromatic heterocycles. The van der Waals surface area contributed by atoms with E-state index in [9.17, 15) is 10.2 Å². The van der Waals surface area contributed by atoms with Gasteiger partial charge in [-0.25, -0.2) is 0 Å². The Morgan fingerprint density at radius 2 is 2.06 bits per heavy atom. The smallest absolute Gasteiger partial charge is 0.160 e. The quantitative estimate of drug-likeness (QED) is 0.694. The molecule has 0 saturated carbocycles. The summed E-state index contributed by atoms with van der Waals surface area (Å²) in [6.07, 6.45) is 0.470. The van der Waals surface area contributed by atoms with Crippen molar-refractivity contribution in [2.75, 3.05) is 13.7 Å². The third-order valence-electron chi connectivity index (χ3n) is 2.70. The molecule has 0 radical (unpaired) electrons. The summed E-state index contributed by atoms with van der Waals surface area (Å²) in [4.78, 5) is 0. The zero-order valence-corrected chi connectivity index (χ0v) is 11.3. The van der Waals surface area contributed by atoms with Crippen molar-refractivity contribution in [1.82, 2.24) is 5.32 Å². The average molecular weight is 253 g/mol. The number of rotatable bonds is 7. The zero-order chi connectivity index (χ0) is 13.5. The van der Waals surface area contributed by atoms with Gasteiger partial charge in [0.05, 0.1) is 13.2 Å². The van der Waals surface area contributed by atoms with Gasteiger partial charge < -0.3 is 20.3 Å². The van der Waals surface area contributed by atoms with Gasteiger partial charge in [0.2, 0.25) is 0 Å². The van der Waals surface area contributed by atoms with Crippen LogP contribution in [0.25, 0.3) is 0 Å². The summed E-state index contributed by atoms with van der Waals surface area (Å²) in [5.74, 6) is 1.10. The maximum atomic E-state index is 9.70. The molecule has 3 N–H and O–H groups in total. The topological polar surface area (TPSA) is 61.7 Å². The molecule has 0 aliphatic heterocycles. The highest BCUT2D eigenvalue weighted by atomic mass is 16.5. The number of benzene rings is 1. The van der Waals surface area contributed by atoms with Crippen molar-refractivity contribution in [2.24, 2.45) is 5.92 Å². The van der Waals surface area contributed by atoms with Crippen molar-refractivity contribution in [1.29, 1.82) is 0 Å². The lowest BCUT2D eigenvalue weighted by Crippen LogP contribution is -2.27. The Balaban J connectivity index is 2.37. The van der Waals surface area contributed by atoms with Gasteiger partial charge in [-0.2, -0.15) is 0 Å². The monoisotopic (exact) mass is 253 g/mol. The highest BCUT2D eigenvalue weighted by Crippen LogP contribution is 2.25. The van der Waals surface area contributed by atoms with Crippen LogP contribution in [0.1, 0.15) is 25.8 Å². The SMILES string of the molecule is COc1ccc(CNCC(O)CC(C)C)cc1O. The number of hydrogen-bond acceptors (Lipinski definition) is 4. The van der Waals surface area contributed by atoms with Gasteiger partial charge in [-0.05, 0) is 30.0 Å². The minimum absolute atomic E-state index is 0.138. The first-order chi connectivity index (χ1) is 8.52. The highest BCUT2D eigenvalue weighted by molar-refractivity contribution is 5.41. The molecular weight excluding hydrogens is 230 g/mol. The van der Waals surface area contributed by atoms with Crippen molar-refractivity contribution in [2.45, 2.75) is 32.9 Å². The van der Waals surface area contributed by atoms with Crippen molar-refractivity contribution in [3.05, 3.63) is 23.8 Å². The van der Waals surface area contributed by atoms with E-state index in [-0.39, 0.29) is 11.9 Å². The molecule has 0 saturated heterocycles. The molecule has 0 aliphatic rings. The summed E-state index contributed by atoms with van der Waals surface area (Å²) in [7, 11) is 1.52. The van der Waals surface area contributed by atoms with Crippen LogP contribution in [0.2, 0.25) is 0 Å². The van der Waals surface area contributed by atoms with Crippen LogP contribution in [0.5, 0.6) is 11.5 Å². The Kier molecular flexibility index (Phi) is 5.95. The number of aliphatic hydroxyl groups excluding tert-OH is 1. The van der Waals surface area contributed by atoms with Crippen LogP contribution < -0.4 is 10.1 Å². The minimum atomic E-state index is -0.322. The maximum absolute atomic E-state index is 9.70. The van der Waals surface area contributed by atoms with Crippen molar-refractivity contribution in [3.63, 3.8) is 0 Å². The van der Waals surface area contributed by atoms with E-state index in [0.717, 1.165) is 12.0 Å². The Morgan fingerprint density at radius 1 is 1.33 bits per heavy atom. The van der Waals surface area contributed by atoms with Crippen LogP contribution >= 0.6 is 0 Å². The second kappa shape index (κ2) is 7.24. The number of nitrogens with one attached hydrogen (secondary N) is 1. The lowest BCUT2D eigenvalue weighted by atomic mass is 10.1. The van der Waals surface area contributed by atoms with Gasteiger partial charge in [-0.1, -0.05) is 19.9 Å². The second-order valence-corrected chi connectivity index (χ2v) is 4.92. The predicted molar refractivity (Wildman–Crippen MR) is 71.8 cm³/mol. The third kappa shape index (κ3) is 4.94. The van der Waals surface area contributed by atoms with Gasteiger partial charge in [0.15, 0.2) is 11.5 Å². The lowest BCUT2D eigenvalue weighted by Gasteiger charge is -2.14. The molecular formula is C14H23NO3. The number of methoxy groups -OCH3 is 1. The molecule has 0 amide bonds. The van der Waals surface area contributed by atoms with Crippen molar-refractivity contribution >= 4 is 0 Å². The van der Waals surface area contributed by atoms with E-state index in [4.69, 9.17) is 4.74 Å². The molecule has 1 unspecified atom stereocenters. The maximum Gasteiger partial charge on any atom is 0.160 e. The Bertz CT molecular complexity index is 366. The number of ether oxygens (including phenoxy) is 1. The zero-order valence-electron chi connectivity index (χ0n) is 11.3. The number of phenols is 1. The average Bonchev–Trinajstić information content (AvgIpc) is 2.28. The summed E-state index contributed by atoms with van der Waals surface area (Å²) in [5.41, 5.74) is 0.963. The fourth-order valence-electron chi connectivity index (χ4n) is 1.86. The molecule has 0 fully saturated rings. The summed E-state index contributed by atoms with van der Waals surface area (Å²) in [6.45, 7) is 5.35. The normalized spacial score (nSPS) is 12.7. The van der Waals surface area contributed by atoms with Gasteiger partial charge in [-0.15, -0.1) is 0 Å². The molecule has 0 spiro atoms. The molecule has 4 heteroatoms. The first-order valence-electron chi connectivity index (χ1n) is 6.27. The third-order valence-corrected chi connectivity index (χ3v) is 2.70.